The molecule has 0 saturated heterocycles. The van der Waals surface area contributed by atoms with Gasteiger partial charge in [0.25, 0.3) is 0 Å². The molecule has 0 radical (unpaired) electrons. The molecule has 0 aromatic rings. The van der Waals surface area contributed by atoms with Crippen LogP contribution in [0, 0.1) is 17.3 Å². The highest BCUT2D eigenvalue weighted by molar-refractivity contribution is 6.64. The fourth-order valence-corrected chi connectivity index (χ4v) is 3.10. The Morgan fingerprint density at radius 2 is 2.54 bits per heavy atom. The first-order valence-corrected chi connectivity index (χ1v) is 5.05. The van der Waals surface area contributed by atoms with Crippen molar-refractivity contribution >= 4 is 16.8 Å². The van der Waals surface area contributed by atoms with Gasteiger partial charge in [-0.15, -0.1) is 6.58 Å². The van der Waals surface area contributed by atoms with Crippen LogP contribution in [-0.2, 0) is 4.79 Å². The number of fused-ring (bicyclic) bond motifs is 2. The molecule has 0 N–H and O–H groups in total. The minimum Gasteiger partial charge on any atom is -0.281 e. The SMILES string of the molecule is C=CCC12C=CC(CC1C(=O)Cl)C2. The smallest absolute Gasteiger partial charge is 0.225 e. The average molecular weight is 197 g/mol. The van der Waals surface area contributed by atoms with Gasteiger partial charge in [0.15, 0.2) is 0 Å². The van der Waals surface area contributed by atoms with Crippen LogP contribution < -0.4 is 0 Å². The highest BCUT2D eigenvalue weighted by Crippen LogP contribution is 2.55. The summed E-state index contributed by atoms with van der Waals surface area (Å²) in [6.45, 7) is 3.74. The van der Waals surface area contributed by atoms with Gasteiger partial charge in [-0.3, -0.25) is 4.79 Å². The zero-order chi connectivity index (χ0) is 9.47. The molecule has 1 saturated carbocycles. The van der Waals surface area contributed by atoms with E-state index in [1.807, 2.05) is 6.08 Å². The fourth-order valence-electron chi connectivity index (χ4n) is 2.79. The predicted octanol–water partition coefficient (Wildman–Crippen LogP) is 2.91. The average Bonchev–Trinajstić information content (AvgIpc) is 2.60. The molecule has 0 spiro atoms. The molecule has 0 heterocycles. The maximum absolute atomic E-state index is 11.2. The summed E-state index contributed by atoms with van der Waals surface area (Å²) in [5, 5.41) is -0.172. The second-order valence-electron chi connectivity index (χ2n) is 4.14. The third-order valence-corrected chi connectivity index (χ3v) is 3.64. The van der Waals surface area contributed by atoms with Crippen LogP contribution in [0.1, 0.15) is 19.3 Å². The number of rotatable bonds is 3. The van der Waals surface area contributed by atoms with Crippen LogP contribution in [0.15, 0.2) is 24.8 Å². The van der Waals surface area contributed by atoms with Gasteiger partial charge in [0, 0.05) is 11.3 Å². The number of hydrogen-bond donors (Lipinski definition) is 0. The van der Waals surface area contributed by atoms with Crippen molar-refractivity contribution in [1.29, 1.82) is 0 Å². The zero-order valence-corrected chi connectivity index (χ0v) is 8.26. The molecule has 1 nitrogen and oxygen atoms in total. The first kappa shape index (κ1) is 9.01. The molecule has 2 aliphatic carbocycles. The van der Waals surface area contributed by atoms with Gasteiger partial charge < -0.3 is 0 Å². The van der Waals surface area contributed by atoms with E-state index in [0.29, 0.717) is 5.92 Å². The maximum atomic E-state index is 11.2. The summed E-state index contributed by atoms with van der Waals surface area (Å²) in [4.78, 5) is 11.2. The Morgan fingerprint density at radius 3 is 3.08 bits per heavy atom. The summed E-state index contributed by atoms with van der Waals surface area (Å²) in [6.07, 6.45) is 9.19. The van der Waals surface area contributed by atoms with E-state index in [1.54, 1.807) is 0 Å². The Labute approximate surface area is 83.5 Å². The standard InChI is InChI=1S/C11H13ClO/c1-2-4-11-5-3-8(7-11)6-9(11)10(12)13/h2-3,5,8-9H,1,4,6-7H2. The van der Waals surface area contributed by atoms with Crippen LogP contribution >= 0.6 is 11.6 Å². The number of hydrogen-bond acceptors (Lipinski definition) is 1. The number of carbonyl (C=O) groups excluding carboxylic acids is 1. The van der Waals surface area contributed by atoms with Gasteiger partial charge in [-0.2, -0.15) is 0 Å². The van der Waals surface area contributed by atoms with Crippen molar-refractivity contribution in [2.75, 3.05) is 0 Å². The highest BCUT2D eigenvalue weighted by Gasteiger charge is 2.50. The minimum atomic E-state index is -0.172. The molecule has 0 aromatic heterocycles. The Hall–Kier alpha value is -0.560. The van der Waals surface area contributed by atoms with Gasteiger partial charge in [-0.05, 0) is 36.8 Å². The largest absolute Gasteiger partial charge is 0.281 e. The van der Waals surface area contributed by atoms with Crippen LogP contribution in [0.3, 0.4) is 0 Å². The van der Waals surface area contributed by atoms with Crippen LogP contribution in [0.4, 0.5) is 0 Å². The first-order valence-electron chi connectivity index (χ1n) is 4.67. The molecule has 2 aliphatic rings. The van der Waals surface area contributed by atoms with E-state index in [-0.39, 0.29) is 16.6 Å². The maximum Gasteiger partial charge on any atom is 0.225 e. The summed E-state index contributed by atoms with van der Waals surface area (Å²) >= 11 is 5.60. The minimum absolute atomic E-state index is 0.0191. The molecular formula is C11H13ClO. The predicted molar refractivity (Wildman–Crippen MR) is 53.5 cm³/mol. The van der Waals surface area contributed by atoms with Crippen molar-refractivity contribution in [3.05, 3.63) is 24.8 Å². The van der Waals surface area contributed by atoms with E-state index >= 15 is 0 Å². The van der Waals surface area contributed by atoms with E-state index in [1.165, 1.54) is 0 Å². The topological polar surface area (TPSA) is 17.1 Å². The van der Waals surface area contributed by atoms with Gasteiger partial charge in [0.2, 0.25) is 5.24 Å². The van der Waals surface area contributed by atoms with Crippen LogP contribution in [0.2, 0.25) is 0 Å². The van der Waals surface area contributed by atoms with E-state index in [9.17, 15) is 4.79 Å². The molecule has 0 aromatic carbocycles. The number of allylic oxidation sites excluding steroid dienone is 3. The zero-order valence-electron chi connectivity index (χ0n) is 7.50. The van der Waals surface area contributed by atoms with Crippen molar-refractivity contribution in [2.24, 2.45) is 17.3 Å². The molecule has 2 rings (SSSR count). The monoisotopic (exact) mass is 196 g/mol. The highest BCUT2D eigenvalue weighted by atomic mass is 35.5. The quantitative estimate of drug-likeness (QED) is 0.501. The molecule has 3 unspecified atom stereocenters. The molecule has 2 bridgehead atoms. The van der Waals surface area contributed by atoms with Crippen LogP contribution in [0.5, 0.6) is 0 Å². The van der Waals surface area contributed by atoms with E-state index in [2.05, 4.69) is 18.7 Å². The van der Waals surface area contributed by atoms with Crippen molar-refractivity contribution in [1.82, 2.24) is 0 Å². The van der Waals surface area contributed by atoms with Crippen molar-refractivity contribution in [3.8, 4) is 0 Å². The summed E-state index contributed by atoms with van der Waals surface area (Å²) in [5.41, 5.74) is 0.0191. The van der Waals surface area contributed by atoms with E-state index in [0.717, 1.165) is 19.3 Å². The van der Waals surface area contributed by atoms with Crippen LogP contribution in [0.25, 0.3) is 0 Å². The third kappa shape index (κ3) is 1.26. The first-order chi connectivity index (χ1) is 6.18. The Balaban J connectivity index is 2.27. The van der Waals surface area contributed by atoms with E-state index < -0.39 is 0 Å². The summed E-state index contributed by atoms with van der Waals surface area (Å²) in [7, 11) is 0. The Kier molecular flexibility index (Phi) is 2.07. The summed E-state index contributed by atoms with van der Waals surface area (Å²) < 4.78 is 0. The molecule has 0 amide bonds. The summed E-state index contributed by atoms with van der Waals surface area (Å²) in [5.74, 6) is 0.606. The molecule has 0 aliphatic heterocycles. The van der Waals surface area contributed by atoms with E-state index in [4.69, 9.17) is 11.6 Å². The lowest BCUT2D eigenvalue weighted by molar-refractivity contribution is -0.117. The van der Waals surface area contributed by atoms with Crippen molar-refractivity contribution in [2.45, 2.75) is 19.3 Å². The van der Waals surface area contributed by atoms with Crippen molar-refractivity contribution in [3.63, 3.8) is 0 Å². The van der Waals surface area contributed by atoms with Crippen LogP contribution in [-0.4, -0.2) is 5.24 Å². The van der Waals surface area contributed by atoms with Gasteiger partial charge in [0.1, 0.15) is 0 Å². The van der Waals surface area contributed by atoms with Gasteiger partial charge >= 0.3 is 0 Å². The molecule has 13 heavy (non-hydrogen) atoms. The second-order valence-corrected chi connectivity index (χ2v) is 4.51. The Bertz CT molecular complexity index is 282. The van der Waals surface area contributed by atoms with Gasteiger partial charge in [-0.1, -0.05) is 18.2 Å². The fraction of sp³-hybridized carbons (Fsp3) is 0.545. The van der Waals surface area contributed by atoms with Gasteiger partial charge in [-0.25, -0.2) is 0 Å². The Morgan fingerprint density at radius 1 is 1.77 bits per heavy atom. The van der Waals surface area contributed by atoms with Crippen molar-refractivity contribution < 1.29 is 4.79 Å². The molecule has 3 atom stereocenters. The normalized spacial score (nSPS) is 41.0. The second kappa shape index (κ2) is 2.98. The molecule has 1 fully saturated rings. The molecule has 2 heteroatoms. The molecule has 70 valence electrons. The summed E-state index contributed by atoms with van der Waals surface area (Å²) in [6, 6.07) is 0. The molecular weight excluding hydrogens is 184 g/mol. The lowest BCUT2D eigenvalue weighted by atomic mass is 9.76. The lowest BCUT2D eigenvalue weighted by Crippen LogP contribution is -2.26. The third-order valence-electron chi connectivity index (χ3n) is 3.37. The van der Waals surface area contributed by atoms with Gasteiger partial charge in [0.05, 0.1) is 0 Å². The number of halogens is 1. The lowest BCUT2D eigenvalue weighted by Gasteiger charge is -2.28. The number of carbonyl (C=O) groups is 1.